The Hall–Kier alpha value is -3.00. The van der Waals surface area contributed by atoms with Gasteiger partial charge >= 0.3 is 0 Å². The molecule has 2 heterocycles. The van der Waals surface area contributed by atoms with Gasteiger partial charge in [0.15, 0.2) is 5.13 Å². The average molecular weight is 396 g/mol. The molecule has 144 valence electrons. The van der Waals surface area contributed by atoms with Gasteiger partial charge in [-0.1, -0.05) is 23.5 Å². The molecule has 1 saturated heterocycles. The van der Waals surface area contributed by atoms with Crippen molar-refractivity contribution in [3.8, 4) is 0 Å². The zero-order chi connectivity index (χ0) is 19.7. The number of para-hydroxylation sites is 1. The Kier molecular flexibility index (Phi) is 4.95. The van der Waals surface area contributed by atoms with E-state index in [2.05, 4.69) is 4.98 Å². The fraction of sp³-hybridized carbons (Fsp3) is 0.300. The molecule has 7 nitrogen and oxygen atoms in total. The number of carbonyl (C=O) groups is 1. The molecular weight excluding hydrogens is 376 g/mol. The van der Waals surface area contributed by atoms with Crippen LogP contribution in [0.25, 0.3) is 10.2 Å². The van der Waals surface area contributed by atoms with E-state index in [1.54, 1.807) is 17.0 Å². The summed E-state index contributed by atoms with van der Waals surface area (Å²) in [5.74, 6) is -0.280. The van der Waals surface area contributed by atoms with E-state index in [-0.39, 0.29) is 11.6 Å². The first-order valence-electron chi connectivity index (χ1n) is 9.29. The minimum atomic E-state index is -0.404. The van der Waals surface area contributed by atoms with Gasteiger partial charge in [0, 0.05) is 31.3 Å². The number of aromatic nitrogens is 1. The van der Waals surface area contributed by atoms with Crippen molar-refractivity contribution in [2.45, 2.75) is 19.8 Å². The van der Waals surface area contributed by atoms with Gasteiger partial charge in [0.05, 0.1) is 15.1 Å². The van der Waals surface area contributed by atoms with Crippen molar-refractivity contribution < 1.29 is 9.72 Å². The number of anilines is 2. The second-order valence-electron chi connectivity index (χ2n) is 6.67. The Morgan fingerprint density at radius 3 is 2.68 bits per heavy atom. The summed E-state index contributed by atoms with van der Waals surface area (Å²) in [4.78, 5) is 32.5. The number of hydrogen-bond donors (Lipinski definition) is 0. The van der Waals surface area contributed by atoms with E-state index >= 15 is 0 Å². The molecule has 28 heavy (non-hydrogen) atoms. The highest BCUT2D eigenvalue weighted by molar-refractivity contribution is 7.22. The molecule has 2 aromatic carbocycles. The summed E-state index contributed by atoms with van der Waals surface area (Å²) >= 11 is 1.44. The van der Waals surface area contributed by atoms with Gasteiger partial charge in [0.25, 0.3) is 11.6 Å². The molecule has 8 heteroatoms. The highest BCUT2D eigenvalue weighted by Crippen LogP contribution is 2.33. The fourth-order valence-corrected chi connectivity index (χ4v) is 4.55. The monoisotopic (exact) mass is 396 g/mol. The largest absolute Gasteiger partial charge is 0.366 e. The average Bonchev–Trinajstić information content (AvgIpc) is 3.37. The molecule has 0 saturated carbocycles. The zero-order valence-electron chi connectivity index (χ0n) is 15.5. The fourth-order valence-electron chi connectivity index (χ4n) is 3.53. The summed E-state index contributed by atoms with van der Waals surface area (Å²) in [5.41, 5.74) is 1.70. The highest BCUT2D eigenvalue weighted by atomic mass is 32.1. The summed E-state index contributed by atoms with van der Waals surface area (Å²) in [6.45, 7) is 3.92. The van der Waals surface area contributed by atoms with Crippen LogP contribution in [-0.4, -0.2) is 35.4 Å². The summed E-state index contributed by atoms with van der Waals surface area (Å²) in [5, 5.41) is 12.2. The smallest absolute Gasteiger partial charge is 0.293 e. The molecule has 0 unspecified atom stereocenters. The summed E-state index contributed by atoms with van der Waals surface area (Å²) in [6.07, 6.45) is 2.05. The lowest BCUT2D eigenvalue weighted by Gasteiger charge is -2.20. The summed E-state index contributed by atoms with van der Waals surface area (Å²) < 4.78 is 0.999. The number of nitro benzene ring substituents is 1. The topological polar surface area (TPSA) is 79.6 Å². The summed E-state index contributed by atoms with van der Waals surface area (Å²) in [6, 6.07) is 12.5. The van der Waals surface area contributed by atoms with Crippen molar-refractivity contribution in [3.05, 3.63) is 58.1 Å². The first-order chi connectivity index (χ1) is 13.6. The van der Waals surface area contributed by atoms with Gasteiger partial charge in [-0.2, -0.15) is 0 Å². The number of fused-ring (bicyclic) bond motifs is 1. The molecule has 1 fully saturated rings. The molecule has 0 N–H and O–H groups in total. The molecule has 4 rings (SSSR count). The minimum Gasteiger partial charge on any atom is -0.366 e. The molecule has 0 atom stereocenters. The van der Waals surface area contributed by atoms with Crippen LogP contribution in [0.4, 0.5) is 16.5 Å². The molecule has 0 aliphatic carbocycles. The Morgan fingerprint density at radius 1 is 1.25 bits per heavy atom. The van der Waals surface area contributed by atoms with E-state index in [0.717, 1.165) is 36.1 Å². The van der Waals surface area contributed by atoms with E-state index in [0.29, 0.717) is 22.9 Å². The number of benzene rings is 2. The van der Waals surface area contributed by atoms with E-state index in [1.165, 1.54) is 17.4 Å². The van der Waals surface area contributed by atoms with Crippen LogP contribution in [0.5, 0.6) is 0 Å². The molecule has 0 radical (unpaired) electrons. The Bertz CT molecular complexity index is 1010. The van der Waals surface area contributed by atoms with Gasteiger partial charge in [-0.15, -0.1) is 0 Å². The lowest BCUT2D eigenvalue weighted by molar-refractivity contribution is -0.384. The van der Waals surface area contributed by atoms with Crippen molar-refractivity contribution in [3.63, 3.8) is 0 Å². The number of hydrogen-bond acceptors (Lipinski definition) is 6. The maximum absolute atomic E-state index is 13.1. The molecule has 1 aliphatic rings. The third kappa shape index (κ3) is 3.31. The third-order valence-electron chi connectivity index (χ3n) is 4.94. The Balaban J connectivity index is 1.69. The van der Waals surface area contributed by atoms with Crippen molar-refractivity contribution in [2.75, 3.05) is 29.4 Å². The van der Waals surface area contributed by atoms with Gasteiger partial charge < -0.3 is 4.90 Å². The maximum Gasteiger partial charge on any atom is 0.293 e. The van der Waals surface area contributed by atoms with E-state index in [9.17, 15) is 14.9 Å². The first-order valence-corrected chi connectivity index (χ1v) is 10.1. The lowest BCUT2D eigenvalue weighted by atomic mass is 10.1. The van der Waals surface area contributed by atoms with Crippen LogP contribution in [0.1, 0.15) is 30.1 Å². The van der Waals surface area contributed by atoms with E-state index in [1.807, 2.05) is 36.1 Å². The lowest BCUT2D eigenvalue weighted by Crippen LogP contribution is -2.30. The normalized spacial score (nSPS) is 13.8. The predicted molar refractivity (Wildman–Crippen MR) is 112 cm³/mol. The second kappa shape index (κ2) is 7.55. The number of rotatable bonds is 5. The van der Waals surface area contributed by atoms with Crippen LogP contribution in [-0.2, 0) is 0 Å². The number of nitrogens with zero attached hydrogens (tertiary/aromatic N) is 4. The van der Waals surface area contributed by atoms with Crippen molar-refractivity contribution in [2.24, 2.45) is 0 Å². The zero-order valence-corrected chi connectivity index (χ0v) is 16.3. The molecule has 1 aromatic heterocycles. The number of thiazole rings is 1. The van der Waals surface area contributed by atoms with Gasteiger partial charge in [-0.25, -0.2) is 4.98 Å². The van der Waals surface area contributed by atoms with Gasteiger partial charge in [-0.3, -0.25) is 19.8 Å². The number of amides is 1. The van der Waals surface area contributed by atoms with Crippen LogP contribution >= 0.6 is 11.3 Å². The van der Waals surface area contributed by atoms with Gasteiger partial charge in [0.2, 0.25) is 0 Å². The predicted octanol–water partition coefficient (Wildman–Crippen LogP) is 4.47. The quantitative estimate of drug-likeness (QED) is 0.469. The highest BCUT2D eigenvalue weighted by Gasteiger charge is 2.26. The van der Waals surface area contributed by atoms with Crippen LogP contribution in [0, 0.1) is 10.1 Å². The van der Waals surface area contributed by atoms with E-state index < -0.39 is 4.92 Å². The summed E-state index contributed by atoms with van der Waals surface area (Å²) in [7, 11) is 0. The van der Waals surface area contributed by atoms with E-state index in [4.69, 9.17) is 0 Å². The van der Waals surface area contributed by atoms with Crippen LogP contribution in [0.15, 0.2) is 42.5 Å². The molecule has 1 aliphatic heterocycles. The SMILES string of the molecule is CCN(C(=O)c1ccc(N2CCCC2)c([N+](=O)[O-])c1)c1nc2ccccc2s1. The molecule has 0 spiro atoms. The molecular formula is C20H20N4O3S. The van der Waals surface area contributed by atoms with Gasteiger partial charge in [0.1, 0.15) is 5.69 Å². The Labute approximate surface area is 166 Å². The minimum absolute atomic E-state index is 0.0203. The standard InChI is InChI=1S/C20H20N4O3S/c1-2-23(20-21-15-7-3-4-8-18(15)28-20)19(25)14-9-10-16(17(13-14)24(26)27)22-11-5-6-12-22/h3-4,7-10,13H,2,5-6,11-12H2,1H3. The van der Waals surface area contributed by atoms with Crippen LogP contribution < -0.4 is 9.80 Å². The van der Waals surface area contributed by atoms with Gasteiger partial charge in [-0.05, 0) is 44.0 Å². The number of nitro groups is 1. The molecule has 0 bridgehead atoms. The maximum atomic E-state index is 13.1. The van der Waals surface area contributed by atoms with Crippen molar-refractivity contribution in [1.29, 1.82) is 0 Å². The molecule has 3 aromatic rings. The van der Waals surface area contributed by atoms with Crippen LogP contribution in [0.2, 0.25) is 0 Å². The first kappa shape index (κ1) is 18.4. The van der Waals surface area contributed by atoms with Crippen molar-refractivity contribution >= 4 is 44.0 Å². The number of carbonyl (C=O) groups excluding carboxylic acids is 1. The molecule has 1 amide bonds. The van der Waals surface area contributed by atoms with Crippen molar-refractivity contribution in [1.82, 2.24) is 4.98 Å². The third-order valence-corrected chi connectivity index (χ3v) is 6.00. The van der Waals surface area contributed by atoms with Crippen LogP contribution in [0.3, 0.4) is 0 Å². The Morgan fingerprint density at radius 2 is 2.00 bits per heavy atom. The second-order valence-corrected chi connectivity index (χ2v) is 7.68.